The second-order valence-electron chi connectivity index (χ2n) is 5.29. The van der Waals surface area contributed by atoms with Gasteiger partial charge in [0.15, 0.2) is 0 Å². The van der Waals surface area contributed by atoms with E-state index in [9.17, 15) is 9.59 Å². The van der Waals surface area contributed by atoms with Gasteiger partial charge in [-0.05, 0) is 31.2 Å². The van der Waals surface area contributed by atoms with Crippen LogP contribution in [0.15, 0.2) is 58.3 Å². The van der Waals surface area contributed by atoms with Gasteiger partial charge in [-0.3, -0.25) is 9.59 Å². The van der Waals surface area contributed by atoms with Gasteiger partial charge in [-0.25, -0.2) is 4.98 Å². The first-order valence-electron chi connectivity index (χ1n) is 7.77. The molecule has 0 spiro atoms. The van der Waals surface area contributed by atoms with E-state index in [0.29, 0.717) is 30.2 Å². The third kappa shape index (κ3) is 4.33. The predicted molar refractivity (Wildman–Crippen MR) is 97.2 cm³/mol. The van der Waals surface area contributed by atoms with Crippen molar-refractivity contribution in [3.8, 4) is 5.75 Å². The Morgan fingerprint density at radius 1 is 1.32 bits per heavy atom. The van der Waals surface area contributed by atoms with E-state index in [4.69, 9.17) is 4.74 Å². The molecule has 0 saturated heterocycles. The van der Waals surface area contributed by atoms with Crippen molar-refractivity contribution in [1.82, 2.24) is 9.55 Å². The minimum atomic E-state index is -0.264. The smallest absolute Gasteiger partial charge is 0.255 e. The highest BCUT2D eigenvalue weighted by Crippen LogP contribution is 2.16. The largest absolute Gasteiger partial charge is 0.487 e. The van der Waals surface area contributed by atoms with E-state index in [1.807, 2.05) is 12.3 Å². The van der Waals surface area contributed by atoms with Gasteiger partial charge < -0.3 is 14.6 Å². The maximum Gasteiger partial charge on any atom is 0.255 e. The normalized spacial score (nSPS) is 10.4. The minimum absolute atomic E-state index is 0.0991. The lowest BCUT2D eigenvalue weighted by molar-refractivity contribution is 0.102. The van der Waals surface area contributed by atoms with Crippen LogP contribution in [0.2, 0.25) is 0 Å². The summed E-state index contributed by atoms with van der Waals surface area (Å²) in [5.41, 5.74) is 3.54. The fourth-order valence-corrected chi connectivity index (χ4v) is 2.79. The molecular weight excluding hydrogens is 338 g/mol. The Bertz CT molecular complexity index is 919. The number of ether oxygens (including phenoxy) is 1. The number of anilines is 1. The van der Waals surface area contributed by atoms with Gasteiger partial charge in [0.25, 0.3) is 11.5 Å². The number of hydrogen-bond acceptors (Lipinski definition) is 5. The van der Waals surface area contributed by atoms with Crippen LogP contribution in [-0.2, 0) is 13.2 Å². The third-order valence-corrected chi connectivity index (χ3v) is 4.18. The lowest BCUT2D eigenvalue weighted by Gasteiger charge is -2.09. The summed E-state index contributed by atoms with van der Waals surface area (Å²) in [6, 6.07) is 9.97. The maximum absolute atomic E-state index is 12.4. The molecule has 1 amide bonds. The quantitative estimate of drug-likeness (QED) is 0.737. The first-order valence-corrected chi connectivity index (χ1v) is 8.72. The summed E-state index contributed by atoms with van der Waals surface area (Å²) < 4.78 is 7.19. The molecule has 0 aliphatic carbocycles. The van der Waals surface area contributed by atoms with E-state index < -0.39 is 0 Å². The monoisotopic (exact) mass is 355 g/mol. The van der Waals surface area contributed by atoms with Crippen LogP contribution in [0.25, 0.3) is 0 Å². The molecule has 3 rings (SSSR count). The first-order chi connectivity index (χ1) is 12.2. The number of nitrogens with zero attached hydrogens (tertiary/aromatic N) is 2. The Balaban J connectivity index is 1.69. The Hall–Kier alpha value is -2.93. The van der Waals surface area contributed by atoms with Gasteiger partial charge in [0.05, 0.1) is 16.9 Å². The maximum atomic E-state index is 12.4. The zero-order chi connectivity index (χ0) is 17.6. The zero-order valence-electron chi connectivity index (χ0n) is 13.6. The molecule has 0 aliphatic rings. The molecule has 1 aromatic carbocycles. The fourth-order valence-electron chi connectivity index (χ4n) is 2.25. The van der Waals surface area contributed by atoms with Crippen LogP contribution in [0.5, 0.6) is 5.75 Å². The molecule has 128 valence electrons. The molecule has 0 aliphatic heterocycles. The summed E-state index contributed by atoms with van der Waals surface area (Å²) in [6.45, 7) is 2.77. The molecule has 6 nitrogen and oxygen atoms in total. The molecule has 1 N–H and O–H groups in total. The number of amides is 1. The van der Waals surface area contributed by atoms with E-state index in [2.05, 4.69) is 10.3 Å². The summed E-state index contributed by atoms with van der Waals surface area (Å²) in [5.74, 6) is 0.333. The lowest BCUT2D eigenvalue weighted by Crippen LogP contribution is -2.19. The van der Waals surface area contributed by atoms with Crippen molar-refractivity contribution >= 4 is 22.9 Å². The number of thiazole rings is 1. The molecule has 0 atom stereocenters. The summed E-state index contributed by atoms with van der Waals surface area (Å²) in [6.07, 6.45) is 1.63. The number of pyridine rings is 1. The van der Waals surface area contributed by atoms with Crippen molar-refractivity contribution in [3.63, 3.8) is 0 Å². The summed E-state index contributed by atoms with van der Waals surface area (Å²) in [5, 5.41) is 4.71. The number of aromatic nitrogens is 2. The van der Waals surface area contributed by atoms with Crippen molar-refractivity contribution in [3.05, 3.63) is 75.1 Å². The number of aryl methyl sites for hydroxylation is 1. The van der Waals surface area contributed by atoms with Gasteiger partial charge in [-0.1, -0.05) is 6.07 Å². The highest BCUT2D eigenvalue weighted by molar-refractivity contribution is 7.07. The molecule has 0 radical (unpaired) electrons. The molecule has 0 bridgehead atoms. The average molecular weight is 355 g/mol. The highest BCUT2D eigenvalue weighted by atomic mass is 32.1. The van der Waals surface area contributed by atoms with Crippen molar-refractivity contribution in [1.29, 1.82) is 0 Å². The molecule has 25 heavy (non-hydrogen) atoms. The zero-order valence-corrected chi connectivity index (χ0v) is 14.5. The van der Waals surface area contributed by atoms with E-state index in [-0.39, 0.29) is 11.5 Å². The Morgan fingerprint density at radius 2 is 2.20 bits per heavy atom. The molecule has 0 unspecified atom stereocenters. The van der Waals surface area contributed by atoms with Crippen LogP contribution >= 0.6 is 11.3 Å². The van der Waals surface area contributed by atoms with Crippen LogP contribution < -0.4 is 15.6 Å². The summed E-state index contributed by atoms with van der Waals surface area (Å²) >= 11 is 1.51. The van der Waals surface area contributed by atoms with Gasteiger partial charge in [0.1, 0.15) is 12.4 Å². The molecule has 7 heteroatoms. The molecule has 2 heterocycles. The Kier molecular flexibility index (Phi) is 5.25. The average Bonchev–Trinajstić information content (AvgIpc) is 3.15. The number of benzene rings is 1. The topological polar surface area (TPSA) is 73.2 Å². The molecule has 0 fully saturated rings. The Labute approximate surface area is 148 Å². The van der Waals surface area contributed by atoms with E-state index in [1.54, 1.807) is 42.0 Å². The van der Waals surface area contributed by atoms with Crippen molar-refractivity contribution in [2.24, 2.45) is 0 Å². The predicted octanol–water partition coefficient (Wildman–Crippen LogP) is 3.16. The summed E-state index contributed by atoms with van der Waals surface area (Å²) in [7, 11) is 0. The number of carbonyl (C=O) groups excluding carboxylic acids is 1. The SMILES string of the molecule is CCn1cc(NC(=O)c2cccc(OCc3cscn3)c2)ccc1=O. The molecular formula is C18H17N3O3S. The Morgan fingerprint density at radius 3 is 2.96 bits per heavy atom. The van der Waals surface area contributed by atoms with Gasteiger partial charge in [0.2, 0.25) is 0 Å². The highest BCUT2D eigenvalue weighted by Gasteiger charge is 2.08. The van der Waals surface area contributed by atoms with Crippen LogP contribution in [0.3, 0.4) is 0 Å². The number of rotatable bonds is 6. The van der Waals surface area contributed by atoms with Crippen molar-refractivity contribution in [2.75, 3.05) is 5.32 Å². The number of hydrogen-bond donors (Lipinski definition) is 1. The van der Waals surface area contributed by atoms with E-state index in [1.165, 1.54) is 22.0 Å². The van der Waals surface area contributed by atoms with Crippen molar-refractivity contribution in [2.45, 2.75) is 20.1 Å². The minimum Gasteiger partial charge on any atom is -0.487 e. The standard InChI is InChI=1S/C18H17N3O3S/c1-2-21-9-14(6-7-17(21)22)20-18(23)13-4-3-5-16(8-13)24-10-15-11-25-12-19-15/h3-9,11-12H,2,10H2,1H3,(H,20,23). The number of nitrogens with one attached hydrogen (secondary N) is 1. The first kappa shape index (κ1) is 16.9. The second kappa shape index (κ2) is 7.76. The van der Waals surface area contributed by atoms with Crippen LogP contribution in [0.1, 0.15) is 23.0 Å². The lowest BCUT2D eigenvalue weighted by atomic mass is 10.2. The van der Waals surface area contributed by atoms with Crippen LogP contribution in [-0.4, -0.2) is 15.5 Å². The van der Waals surface area contributed by atoms with Gasteiger partial charge in [-0.2, -0.15) is 0 Å². The van der Waals surface area contributed by atoms with Gasteiger partial charge >= 0.3 is 0 Å². The van der Waals surface area contributed by atoms with E-state index in [0.717, 1.165) is 5.69 Å². The van der Waals surface area contributed by atoms with Crippen molar-refractivity contribution < 1.29 is 9.53 Å². The van der Waals surface area contributed by atoms with Gasteiger partial charge in [0, 0.05) is 29.8 Å². The molecule has 2 aromatic heterocycles. The summed E-state index contributed by atoms with van der Waals surface area (Å²) in [4.78, 5) is 28.2. The molecule has 0 saturated carbocycles. The fraction of sp³-hybridized carbons (Fsp3) is 0.167. The third-order valence-electron chi connectivity index (χ3n) is 3.55. The van der Waals surface area contributed by atoms with Crippen LogP contribution in [0, 0.1) is 0 Å². The molecule has 3 aromatic rings. The van der Waals surface area contributed by atoms with Crippen LogP contribution in [0.4, 0.5) is 5.69 Å². The second-order valence-corrected chi connectivity index (χ2v) is 6.01. The van der Waals surface area contributed by atoms with Gasteiger partial charge in [-0.15, -0.1) is 11.3 Å². The van der Waals surface area contributed by atoms with E-state index >= 15 is 0 Å². The number of carbonyl (C=O) groups is 1.